The van der Waals surface area contributed by atoms with Crippen LogP contribution in [0.4, 0.5) is 0 Å². The van der Waals surface area contributed by atoms with Crippen molar-refractivity contribution in [1.82, 2.24) is 4.90 Å². The van der Waals surface area contributed by atoms with Crippen molar-refractivity contribution >= 4 is 17.4 Å². The zero-order valence-electron chi connectivity index (χ0n) is 7.14. The van der Waals surface area contributed by atoms with E-state index >= 15 is 0 Å². The van der Waals surface area contributed by atoms with Gasteiger partial charge in [0.05, 0.1) is 12.9 Å². The summed E-state index contributed by atoms with van der Waals surface area (Å²) in [4.78, 5) is 5.92. The molecule has 0 amide bonds. The predicted molar refractivity (Wildman–Crippen MR) is 51.6 cm³/mol. The highest BCUT2D eigenvalue weighted by molar-refractivity contribution is 7.79. The van der Waals surface area contributed by atoms with Gasteiger partial charge in [0, 0.05) is 12.3 Å². The topological polar surface area (TPSA) is 52.9 Å². The van der Waals surface area contributed by atoms with Crippen LogP contribution in [0.2, 0.25) is 0 Å². The van der Waals surface area contributed by atoms with Crippen LogP contribution < -0.4 is 0 Å². The van der Waals surface area contributed by atoms with E-state index in [0.29, 0.717) is 5.75 Å². The van der Waals surface area contributed by atoms with Crippen molar-refractivity contribution in [1.29, 1.82) is 0 Å². The Labute approximate surface area is 75.3 Å². The van der Waals surface area contributed by atoms with Crippen LogP contribution in [-0.4, -0.2) is 38.8 Å². The Morgan fingerprint density at radius 2 is 2.50 bits per heavy atom. The number of aliphatic imine (C=N–C) groups is 1. The van der Waals surface area contributed by atoms with E-state index < -0.39 is 11.1 Å². The molecule has 0 fully saturated rings. The average Bonchev–Trinajstić information content (AvgIpc) is 2.57. The van der Waals surface area contributed by atoms with Crippen LogP contribution >= 0.6 is 0 Å². The Morgan fingerprint density at radius 3 is 2.67 bits per heavy atom. The van der Waals surface area contributed by atoms with E-state index in [9.17, 15) is 4.21 Å². The maximum absolute atomic E-state index is 9.48. The Hall–Kier alpha value is -0.680. The van der Waals surface area contributed by atoms with Gasteiger partial charge in [0.25, 0.3) is 0 Å². The highest BCUT2D eigenvalue weighted by Crippen LogP contribution is 1.90. The van der Waals surface area contributed by atoms with Gasteiger partial charge in [0.2, 0.25) is 0 Å². The molecule has 1 N–H and O–H groups in total. The van der Waals surface area contributed by atoms with E-state index in [2.05, 4.69) is 11.6 Å². The molecular formula is C7H14N2O2S. The first-order chi connectivity index (χ1) is 5.70. The Bertz CT molecular complexity index is 182. The summed E-state index contributed by atoms with van der Waals surface area (Å²) in [6.45, 7) is 7.15. The van der Waals surface area contributed by atoms with Crippen LogP contribution in [0.1, 0.15) is 6.92 Å². The quantitative estimate of drug-likeness (QED) is 0.652. The molecule has 70 valence electrons. The zero-order valence-corrected chi connectivity index (χ0v) is 7.96. The third kappa shape index (κ3) is 6.06. The lowest BCUT2D eigenvalue weighted by Gasteiger charge is -2.02. The Morgan fingerprint density at radius 1 is 1.92 bits per heavy atom. The van der Waals surface area contributed by atoms with Gasteiger partial charge in [-0.15, -0.1) is 0 Å². The second kappa shape index (κ2) is 7.00. The molecule has 0 saturated heterocycles. The average molecular weight is 190 g/mol. The molecule has 1 aliphatic rings. The second-order valence-electron chi connectivity index (χ2n) is 2.05. The predicted octanol–water partition coefficient (Wildman–Crippen LogP) is 0.702. The van der Waals surface area contributed by atoms with Crippen molar-refractivity contribution in [2.45, 2.75) is 6.92 Å². The minimum atomic E-state index is -1.57. The highest BCUT2D eigenvalue weighted by Gasteiger charge is 1.96. The van der Waals surface area contributed by atoms with Gasteiger partial charge in [-0.2, -0.15) is 0 Å². The third-order valence-electron chi connectivity index (χ3n) is 1.20. The van der Waals surface area contributed by atoms with Crippen LogP contribution in [0.5, 0.6) is 0 Å². The van der Waals surface area contributed by atoms with Gasteiger partial charge in [-0.05, 0) is 6.20 Å². The smallest absolute Gasteiger partial charge is 0.152 e. The van der Waals surface area contributed by atoms with E-state index in [1.807, 2.05) is 4.90 Å². The van der Waals surface area contributed by atoms with E-state index in [4.69, 9.17) is 4.55 Å². The number of nitrogens with zero attached hydrogens (tertiary/aromatic N) is 2. The van der Waals surface area contributed by atoms with Crippen molar-refractivity contribution in [2.24, 2.45) is 4.99 Å². The standard InChI is InChI=1S/C5H8N2.C2H6O2S/c1-2-7-4-3-6-5-7;1-2-5(3)4/h2,5H,1,3-4H2;2H2,1H3,(H,3,4). The maximum Gasteiger partial charge on any atom is 0.152 e. The summed E-state index contributed by atoms with van der Waals surface area (Å²) in [6, 6.07) is 0. The zero-order chi connectivity index (χ0) is 9.40. The maximum atomic E-state index is 9.48. The van der Waals surface area contributed by atoms with Crippen molar-refractivity contribution in [3.63, 3.8) is 0 Å². The first-order valence-corrected chi connectivity index (χ1v) is 4.94. The van der Waals surface area contributed by atoms with Gasteiger partial charge < -0.3 is 9.45 Å². The van der Waals surface area contributed by atoms with Crippen molar-refractivity contribution in [3.8, 4) is 0 Å². The second-order valence-corrected chi connectivity index (χ2v) is 3.27. The first kappa shape index (κ1) is 11.3. The number of hydrogen-bond donors (Lipinski definition) is 1. The van der Waals surface area contributed by atoms with Crippen LogP contribution in [0.3, 0.4) is 0 Å². The molecular weight excluding hydrogens is 176 g/mol. The van der Waals surface area contributed by atoms with Crippen LogP contribution in [0.25, 0.3) is 0 Å². The molecule has 1 unspecified atom stereocenters. The molecule has 1 heterocycles. The summed E-state index contributed by atoms with van der Waals surface area (Å²) in [5, 5.41) is 0. The van der Waals surface area contributed by atoms with Gasteiger partial charge in [-0.1, -0.05) is 13.5 Å². The summed E-state index contributed by atoms with van der Waals surface area (Å²) in [5.74, 6) is 0.333. The van der Waals surface area contributed by atoms with Crippen molar-refractivity contribution in [2.75, 3.05) is 18.8 Å². The molecule has 0 aromatic rings. The summed E-state index contributed by atoms with van der Waals surface area (Å²) in [6.07, 6.45) is 3.57. The van der Waals surface area contributed by atoms with Gasteiger partial charge in [0.15, 0.2) is 11.1 Å². The van der Waals surface area contributed by atoms with Crippen LogP contribution in [0.15, 0.2) is 17.8 Å². The summed E-state index contributed by atoms with van der Waals surface area (Å²) < 4.78 is 17.3. The van der Waals surface area contributed by atoms with E-state index in [1.54, 1.807) is 19.5 Å². The normalized spacial score (nSPS) is 16.7. The third-order valence-corrected chi connectivity index (χ3v) is 1.69. The lowest BCUT2D eigenvalue weighted by molar-refractivity contribution is 0.566. The molecule has 1 aliphatic heterocycles. The molecule has 0 bridgehead atoms. The molecule has 4 nitrogen and oxygen atoms in total. The molecule has 5 heteroatoms. The largest absolute Gasteiger partial charge is 0.338 e. The fraction of sp³-hybridized carbons (Fsp3) is 0.571. The fourth-order valence-electron chi connectivity index (χ4n) is 0.532. The molecule has 0 aromatic carbocycles. The summed E-state index contributed by atoms with van der Waals surface area (Å²) >= 11 is -1.57. The number of rotatable bonds is 2. The van der Waals surface area contributed by atoms with E-state index in [1.165, 1.54) is 0 Å². The molecule has 1 atom stereocenters. The van der Waals surface area contributed by atoms with Gasteiger partial charge in [0.1, 0.15) is 0 Å². The number of hydrogen-bond acceptors (Lipinski definition) is 3. The Balaban J connectivity index is 0.000000217. The molecule has 1 rings (SSSR count). The van der Waals surface area contributed by atoms with E-state index in [0.717, 1.165) is 13.1 Å². The lowest BCUT2D eigenvalue weighted by atomic mass is 10.6. The van der Waals surface area contributed by atoms with Gasteiger partial charge in [-0.25, -0.2) is 4.21 Å². The van der Waals surface area contributed by atoms with Crippen LogP contribution in [-0.2, 0) is 11.1 Å². The first-order valence-electron chi connectivity index (χ1n) is 3.66. The van der Waals surface area contributed by atoms with E-state index in [-0.39, 0.29) is 0 Å². The van der Waals surface area contributed by atoms with Gasteiger partial charge in [-0.3, -0.25) is 4.99 Å². The molecule has 0 aliphatic carbocycles. The molecule has 0 radical (unpaired) electrons. The monoisotopic (exact) mass is 190 g/mol. The highest BCUT2D eigenvalue weighted by atomic mass is 32.2. The van der Waals surface area contributed by atoms with Crippen molar-refractivity contribution < 1.29 is 8.76 Å². The SMILES string of the molecule is C=CN1C=NCC1.CCS(=O)O. The lowest BCUT2D eigenvalue weighted by Crippen LogP contribution is -2.09. The molecule has 12 heavy (non-hydrogen) atoms. The summed E-state index contributed by atoms with van der Waals surface area (Å²) in [5.41, 5.74) is 0. The minimum Gasteiger partial charge on any atom is -0.338 e. The fourth-order valence-corrected chi connectivity index (χ4v) is 0.532. The summed E-state index contributed by atoms with van der Waals surface area (Å²) in [7, 11) is 0. The molecule has 0 spiro atoms. The minimum absolute atomic E-state index is 0.333. The molecule has 0 saturated carbocycles. The molecule has 0 aromatic heterocycles. The van der Waals surface area contributed by atoms with Crippen molar-refractivity contribution in [3.05, 3.63) is 12.8 Å². The van der Waals surface area contributed by atoms with Crippen LogP contribution in [0, 0.1) is 0 Å². The Kier molecular flexibility index (Phi) is 6.60. The van der Waals surface area contributed by atoms with Gasteiger partial charge >= 0.3 is 0 Å².